The van der Waals surface area contributed by atoms with E-state index in [2.05, 4.69) is 14.7 Å². The van der Waals surface area contributed by atoms with Gasteiger partial charge in [-0.1, -0.05) is 6.92 Å². The second-order valence-corrected chi connectivity index (χ2v) is 5.24. The van der Waals surface area contributed by atoms with Gasteiger partial charge in [-0.05, 0) is 13.3 Å². The third-order valence-electron chi connectivity index (χ3n) is 2.27. The first-order valence-corrected chi connectivity index (χ1v) is 6.05. The van der Waals surface area contributed by atoms with Crippen molar-refractivity contribution in [3.63, 3.8) is 0 Å². The van der Waals surface area contributed by atoms with Gasteiger partial charge in [0.15, 0.2) is 5.03 Å². The fourth-order valence-electron chi connectivity index (χ4n) is 0.986. The lowest BCUT2D eigenvalue weighted by Gasteiger charge is -2.26. The number of H-pyrrole nitrogens is 1. The van der Waals surface area contributed by atoms with Crippen LogP contribution in [-0.2, 0) is 10.0 Å². The molecule has 0 fully saturated rings. The van der Waals surface area contributed by atoms with Gasteiger partial charge in [0.05, 0.1) is 24.7 Å². The molecular weight excluding hydrogens is 218 g/mol. The summed E-state index contributed by atoms with van der Waals surface area (Å²) < 4.78 is 25.9. The number of nitrogens with one attached hydrogen (secondary N) is 2. The molecule has 86 valence electrons. The molecule has 0 bridgehead atoms. The van der Waals surface area contributed by atoms with Crippen LogP contribution in [0.3, 0.4) is 0 Å². The predicted octanol–water partition coefficient (Wildman–Crippen LogP) is -0.151. The lowest BCUT2D eigenvalue weighted by atomic mass is 10.0. The van der Waals surface area contributed by atoms with Gasteiger partial charge in [-0.25, -0.2) is 18.1 Å². The van der Waals surface area contributed by atoms with E-state index >= 15 is 0 Å². The van der Waals surface area contributed by atoms with E-state index < -0.39 is 15.6 Å². The second kappa shape index (κ2) is 4.30. The molecule has 1 unspecified atom stereocenters. The van der Waals surface area contributed by atoms with Gasteiger partial charge in [0, 0.05) is 0 Å². The van der Waals surface area contributed by atoms with Crippen LogP contribution in [0, 0.1) is 0 Å². The maximum absolute atomic E-state index is 11.7. The summed E-state index contributed by atoms with van der Waals surface area (Å²) in [6.45, 7) is 3.18. The van der Waals surface area contributed by atoms with Gasteiger partial charge in [-0.15, -0.1) is 0 Å². The average Bonchev–Trinajstić information content (AvgIpc) is 2.70. The van der Waals surface area contributed by atoms with Crippen molar-refractivity contribution < 1.29 is 13.5 Å². The summed E-state index contributed by atoms with van der Waals surface area (Å²) in [6.07, 6.45) is 3.00. The summed E-state index contributed by atoms with van der Waals surface area (Å²) >= 11 is 0. The zero-order valence-electron chi connectivity index (χ0n) is 8.69. The highest BCUT2D eigenvalue weighted by Crippen LogP contribution is 2.13. The Hall–Kier alpha value is -0.920. The fraction of sp³-hybridized carbons (Fsp3) is 0.625. The summed E-state index contributed by atoms with van der Waals surface area (Å²) in [5, 5.41) is 9.09. The highest BCUT2D eigenvalue weighted by molar-refractivity contribution is 7.89. The molecule has 1 rings (SSSR count). The van der Waals surface area contributed by atoms with Crippen molar-refractivity contribution in [3.8, 4) is 0 Å². The molecule has 0 spiro atoms. The highest BCUT2D eigenvalue weighted by atomic mass is 32.2. The average molecular weight is 233 g/mol. The molecule has 0 amide bonds. The molecule has 1 aromatic rings. The van der Waals surface area contributed by atoms with Crippen LogP contribution in [0.15, 0.2) is 17.6 Å². The number of aliphatic hydroxyl groups excluding tert-OH is 1. The number of hydrogen-bond acceptors (Lipinski definition) is 4. The first kappa shape index (κ1) is 12.2. The molecule has 0 aliphatic heterocycles. The number of sulfonamides is 1. The Kier molecular flexibility index (Phi) is 3.48. The lowest BCUT2D eigenvalue weighted by molar-refractivity contribution is 0.191. The highest BCUT2D eigenvalue weighted by Gasteiger charge is 2.28. The van der Waals surface area contributed by atoms with Gasteiger partial charge < -0.3 is 10.1 Å². The molecule has 0 radical (unpaired) electrons. The van der Waals surface area contributed by atoms with E-state index in [4.69, 9.17) is 5.11 Å². The Morgan fingerprint density at radius 1 is 1.67 bits per heavy atom. The summed E-state index contributed by atoms with van der Waals surface area (Å²) in [5.74, 6) is 0. The van der Waals surface area contributed by atoms with Gasteiger partial charge in [0.25, 0.3) is 10.0 Å². The van der Waals surface area contributed by atoms with Gasteiger partial charge >= 0.3 is 0 Å². The van der Waals surface area contributed by atoms with Crippen molar-refractivity contribution in [1.29, 1.82) is 0 Å². The molecule has 6 nitrogen and oxygen atoms in total. The predicted molar refractivity (Wildman–Crippen MR) is 54.7 cm³/mol. The summed E-state index contributed by atoms with van der Waals surface area (Å²) in [5.41, 5.74) is -0.843. The van der Waals surface area contributed by atoms with Crippen LogP contribution >= 0.6 is 0 Å². The van der Waals surface area contributed by atoms with Crippen molar-refractivity contribution in [2.24, 2.45) is 0 Å². The normalized spacial score (nSPS) is 16.2. The van der Waals surface area contributed by atoms with Crippen LogP contribution in [0.2, 0.25) is 0 Å². The number of aromatic nitrogens is 2. The van der Waals surface area contributed by atoms with Gasteiger partial charge in [0.2, 0.25) is 0 Å². The molecular formula is C8H15N3O3S. The molecule has 1 aromatic heterocycles. The molecule has 0 aromatic carbocycles. The van der Waals surface area contributed by atoms with E-state index in [0.717, 1.165) is 0 Å². The maximum atomic E-state index is 11.7. The quantitative estimate of drug-likeness (QED) is 0.659. The zero-order chi connectivity index (χ0) is 11.5. The number of imidazole rings is 1. The molecule has 7 heteroatoms. The molecule has 15 heavy (non-hydrogen) atoms. The minimum Gasteiger partial charge on any atom is -0.394 e. The number of aliphatic hydroxyl groups is 1. The van der Waals surface area contributed by atoms with Crippen LogP contribution in [-0.4, -0.2) is 35.6 Å². The Morgan fingerprint density at radius 2 is 2.33 bits per heavy atom. The van der Waals surface area contributed by atoms with E-state index in [-0.39, 0.29) is 11.6 Å². The van der Waals surface area contributed by atoms with Crippen LogP contribution in [0.5, 0.6) is 0 Å². The first-order chi connectivity index (χ1) is 6.93. The molecule has 1 atom stereocenters. The first-order valence-electron chi connectivity index (χ1n) is 4.57. The summed E-state index contributed by atoms with van der Waals surface area (Å²) in [7, 11) is -3.63. The van der Waals surface area contributed by atoms with Crippen molar-refractivity contribution in [1.82, 2.24) is 14.7 Å². The zero-order valence-corrected chi connectivity index (χ0v) is 9.50. The fourth-order valence-corrected chi connectivity index (χ4v) is 2.36. The van der Waals surface area contributed by atoms with Crippen molar-refractivity contribution in [2.75, 3.05) is 6.61 Å². The van der Waals surface area contributed by atoms with Gasteiger partial charge in [-0.2, -0.15) is 0 Å². The molecule has 0 saturated carbocycles. The minimum atomic E-state index is -3.63. The number of nitrogens with zero attached hydrogens (tertiary/aromatic N) is 1. The Bertz CT molecular complexity index is 395. The number of rotatable bonds is 5. The smallest absolute Gasteiger partial charge is 0.258 e. The number of hydrogen-bond donors (Lipinski definition) is 3. The topological polar surface area (TPSA) is 95.1 Å². The SMILES string of the molecule is CCC(C)(CO)NS(=O)(=O)c1cnc[nH]1. The molecule has 3 N–H and O–H groups in total. The molecule has 0 saturated heterocycles. The summed E-state index contributed by atoms with van der Waals surface area (Å²) in [4.78, 5) is 6.14. The van der Waals surface area contributed by atoms with E-state index in [1.807, 2.05) is 0 Å². The van der Waals surface area contributed by atoms with E-state index in [0.29, 0.717) is 6.42 Å². The number of aromatic amines is 1. The van der Waals surface area contributed by atoms with Crippen molar-refractivity contribution >= 4 is 10.0 Å². The third-order valence-corrected chi connectivity index (χ3v) is 3.84. The largest absolute Gasteiger partial charge is 0.394 e. The van der Waals surface area contributed by atoms with E-state index in [9.17, 15) is 8.42 Å². The molecule has 0 aliphatic carbocycles. The van der Waals surface area contributed by atoms with E-state index in [1.165, 1.54) is 12.5 Å². The van der Waals surface area contributed by atoms with Crippen LogP contribution in [0.1, 0.15) is 20.3 Å². The molecule has 0 aliphatic rings. The van der Waals surface area contributed by atoms with Crippen LogP contribution in [0.25, 0.3) is 0 Å². The van der Waals surface area contributed by atoms with Gasteiger partial charge in [0.1, 0.15) is 0 Å². The standard InChI is InChI=1S/C8H15N3O3S/c1-3-8(2,5-12)11-15(13,14)7-4-9-6-10-7/h4,6,11-12H,3,5H2,1-2H3,(H,9,10). The maximum Gasteiger partial charge on any atom is 0.258 e. The Morgan fingerprint density at radius 3 is 2.73 bits per heavy atom. The third kappa shape index (κ3) is 2.77. The van der Waals surface area contributed by atoms with Crippen LogP contribution in [0.4, 0.5) is 0 Å². The van der Waals surface area contributed by atoms with Crippen molar-refractivity contribution in [2.45, 2.75) is 30.8 Å². The monoisotopic (exact) mass is 233 g/mol. The lowest BCUT2D eigenvalue weighted by Crippen LogP contribution is -2.48. The van der Waals surface area contributed by atoms with Crippen molar-refractivity contribution in [3.05, 3.63) is 12.5 Å². The second-order valence-electron chi connectivity index (χ2n) is 3.59. The molecule has 1 heterocycles. The Balaban J connectivity index is 2.91. The van der Waals surface area contributed by atoms with Crippen LogP contribution < -0.4 is 4.72 Å². The van der Waals surface area contributed by atoms with Gasteiger partial charge in [-0.3, -0.25) is 0 Å². The minimum absolute atomic E-state index is 0.00405. The van der Waals surface area contributed by atoms with E-state index in [1.54, 1.807) is 13.8 Å². The summed E-state index contributed by atoms with van der Waals surface area (Å²) in [6, 6.07) is 0. The Labute approximate surface area is 88.8 Å².